The zero-order valence-corrected chi connectivity index (χ0v) is 13.1. The van der Waals surface area contributed by atoms with Gasteiger partial charge in [0.1, 0.15) is 0 Å². The van der Waals surface area contributed by atoms with E-state index in [-0.39, 0.29) is 0 Å². The van der Waals surface area contributed by atoms with Crippen molar-refractivity contribution in [2.45, 2.75) is 33.6 Å². The minimum Gasteiger partial charge on any atom is -0.256 e. The highest BCUT2D eigenvalue weighted by atomic mass is 14.6. The van der Waals surface area contributed by atoms with Crippen LogP contribution in [0, 0.1) is 13.8 Å². The van der Waals surface area contributed by atoms with Crippen molar-refractivity contribution in [2.75, 3.05) is 0 Å². The molecule has 0 bridgehead atoms. The fourth-order valence-corrected chi connectivity index (χ4v) is 2.66. The van der Waals surface area contributed by atoms with E-state index in [0.29, 0.717) is 5.92 Å². The van der Waals surface area contributed by atoms with Gasteiger partial charge in [0.25, 0.3) is 0 Å². The first-order chi connectivity index (χ1) is 10.1. The monoisotopic (exact) mass is 275 g/mol. The van der Waals surface area contributed by atoms with Crippen LogP contribution < -0.4 is 0 Å². The van der Waals surface area contributed by atoms with Crippen molar-refractivity contribution in [3.05, 3.63) is 65.4 Å². The van der Waals surface area contributed by atoms with E-state index in [1.54, 1.807) is 0 Å². The summed E-state index contributed by atoms with van der Waals surface area (Å²) in [5.41, 5.74) is 7.54. The van der Waals surface area contributed by atoms with Crippen molar-refractivity contribution in [3.8, 4) is 11.1 Å². The van der Waals surface area contributed by atoms with E-state index in [9.17, 15) is 0 Å². The summed E-state index contributed by atoms with van der Waals surface area (Å²) >= 11 is 0. The van der Waals surface area contributed by atoms with E-state index in [2.05, 4.69) is 75.1 Å². The van der Waals surface area contributed by atoms with E-state index >= 15 is 0 Å². The Balaban J connectivity index is 2.10. The Bertz CT molecular complexity index is 783. The first kappa shape index (κ1) is 13.8. The molecule has 1 heterocycles. The third kappa shape index (κ3) is 2.56. The Morgan fingerprint density at radius 3 is 2.19 bits per heavy atom. The van der Waals surface area contributed by atoms with Crippen LogP contribution in [0.3, 0.4) is 0 Å². The van der Waals surface area contributed by atoms with Crippen molar-refractivity contribution < 1.29 is 0 Å². The van der Waals surface area contributed by atoms with E-state index in [0.717, 1.165) is 5.52 Å². The largest absolute Gasteiger partial charge is 0.256 e. The lowest BCUT2D eigenvalue weighted by atomic mass is 9.97. The zero-order valence-electron chi connectivity index (χ0n) is 13.1. The minimum atomic E-state index is 0.574. The molecule has 0 fully saturated rings. The van der Waals surface area contributed by atoms with Crippen molar-refractivity contribution in [2.24, 2.45) is 0 Å². The van der Waals surface area contributed by atoms with Gasteiger partial charge in [-0.15, -0.1) is 0 Å². The van der Waals surface area contributed by atoms with Gasteiger partial charge >= 0.3 is 0 Å². The molecule has 0 aliphatic heterocycles. The summed E-state index contributed by atoms with van der Waals surface area (Å²) in [5, 5.41) is 1.25. The topological polar surface area (TPSA) is 12.9 Å². The highest BCUT2D eigenvalue weighted by Crippen LogP contribution is 2.27. The maximum Gasteiger partial charge on any atom is 0.0705 e. The lowest BCUT2D eigenvalue weighted by Crippen LogP contribution is -1.89. The molecule has 0 atom stereocenters. The molecular weight excluding hydrogens is 254 g/mol. The van der Waals surface area contributed by atoms with Gasteiger partial charge in [0.05, 0.1) is 5.52 Å². The van der Waals surface area contributed by atoms with Crippen molar-refractivity contribution in [1.82, 2.24) is 4.98 Å². The molecule has 0 saturated carbocycles. The fraction of sp³-hybridized carbons (Fsp3) is 0.250. The summed E-state index contributed by atoms with van der Waals surface area (Å²) in [4.78, 5) is 4.51. The van der Waals surface area contributed by atoms with Crippen LogP contribution in [-0.2, 0) is 0 Å². The lowest BCUT2D eigenvalue weighted by Gasteiger charge is -2.10. The third-order valence-corrected chi connectivity index (χ3v) is 4.30. The highest BCUT2D eigenvalue weighted by Gasteiger charge is 2.05. The number of aromatic nitrogens is 1. The first-order valence-corrected chi connectivity index (χ1v) is 7.52. The molecule has 1 heteroatoms. The molecule has 0 aliphatic carbocycles. The van der Waals surface area contributed by atoms with Crippen LogP contribution >= 0.6 is 0 Å². The molecule has 0 saturated heterocycles. The summed E-state index contributed by atoms with van der Waals surface area (Å²) in [5.74, 6) is 0.574. The fourth-order valence-electron chi connectivity index (χ4n) is 2.66. The zero-order chi connectivity index (χ0) is 15.0. The number of nitrogens with zero attached hydrogens (tertiary/aromatic N) is 1. The van der Waals surface area contributed by atoms with Crippen molar-refractivity contribution in [1.29, 1.82) is 0 Å². The first-order valence-electron chi connectivity index (χ1n) is 7.52. The number of hydrogen-bond donors (Lipinski definition) is 0. The van der Waals surface area contributed by atoms with Crippen molar-refractivity contribution in [3.63, 3.8) is 0 Å². The second-order valence-electron chi connectivity index (χ2n) is 6.07. The number of fused-ring (bicyclic) bond motifs is 1. The molecule has 0 amide bonds. The van der Waals surface area contributed by atoms with Crippen LogP contribution in [0.25, 0.3) is 22.0 Å². The molecule has 0 spiro atoms. The van der Waals surface area contributed by atoms with E-state index in [1.165, 1.54) is 33.2 Å². The molecule has 0 radical (unpaired) electrons. The number of hydrogen-bond acceptors (Lipinski definition) is 1. The SMILES string of the molecule is Cc1cnc2ccc(-c3ccc(C(C)C)cc3)cc2c1C. The van der Waals surface area contributed by atoms with Gasteiger partial charge in [-0.1, -0.05) is 44.2 Å². The predicted molar refractivity (Wildman–Crippen MR) is 90.7 cm³/mol. The van der Waals surface area contributed by atoms with Crippen molar-refractivity contribution >= 4 is 10.9 Å². The Morgan fingerprint density at radius 2 is 1.52 bits per heavy atom. The normalized spacial score (nSPS) is 11.3. The Hall–Kier alpha value is -2.15. The average molecular weight is 275 g/mol. The van der Waals surface area contributed by atoms with Gasteiger partial charge in [0, 0.05) is 11.6 Å². The Morgan fingerprint density at radius 1 is 0.857 bits per heavy atom. The molecule has 3 rings (SSSR count). The van der Waals surface area contributed by atoms with Crippen LogP contribution in [0.2, 0.25) is 0 Å². The quantitative estimate of drug-likeness (QED) is 0.589. The molecule has 21 heavy (non-hydrogen) atoms. The van der Waals surface area contributed by atoms with Crippen LogP contribution in [0.5, 0.6) is 0 Å². The van der Waals surface area contributed by atoms with E-state index < -0.39 is 0 Å². The summed E-state index contributed by atoms with van der Waals surface area (Å²) < 4.78 is 0. The Kier molecular flexibility index (Phi) is 3.50. The third-order valence-electron chi connectivity index (χ3n) is 4.30. The van der Waals surface area contributed by atoms with Gasteiger partial charge in [0.15, 0.2) is 0 Å². The smallest absolute Gasteiger partial charge is 0.0705 e. The maximum absolute atomic E-state index is 4.51. The van der Waals surface area contributed by atoms with Gasteiger partial charge in [-0.05, 0) is 59.7 Å². The van der Waals surface area contributed by atoms with Gasteiger partial charge in [0.2, 0.25) is 0 Å². The number of aryl methyl sites for hydroxylation is 2. The molecule has 2 aromatic carbocycles. The average Bonchev–Trinajstić information content (AvgIpc) is 2.51. The number of benzene rings is 2. The molecule has 0 N–H and O–H groups in total. The minimum absolute atomic E-state index is 0.574. The summed E-state index contributed by atoms with van der Waals surface area (Å²) in [6, 6.07) is 15.4. The Labute approximate surface area is 126 Å². The molecule has 1 aromatic heterocycles. The van der Waals surface area contributed by atoms with Crippen LogP contribution in [0.15, 0.2) is 48.7 Å². The summed E-state index contributed by atoms with van der Waals surface area (Å²) in [7, 11) is 0. The van der Waals surface area contributed by atoms with Gasteiger partial charge in [-0.25, -0.2) is 0 Å². The molecule has 3 aromatic rings. The summed E-state index contributed by atoms with van der Waals surface area (Å²) in [6.07, 6.45) is 1.95. The molecule has 0 unspecified atom stereocenters. The van der Waals surface area contributed by atoms with E-state index in [4.69, 9.17) is 0 Å². The van der Waals surface area contributed by atoms with Gasteiger partial charge in [-0.3, -0.25) is 4.98 Å². The maximum atomic E-state index is 4.51. The van der Waals surface area contributed by atoms with Crippen LogP contribution in [0.4, 0.5) is 0 Å². The predicted octanol–water partition coefficient (Wildman–Crippen LogP) is 5.64. The van der Waals surface area contributed by atoms with Crippen LogP contribution in [0.1, 0.15) is 36.5 Å². The molecule has 0 aliphatic rings. The number of rotatable bonds is 2. The molecule has 106 valence electrons. The molecule has 1 nitrogen and oxygen atoms in total. The highest BCUT2D eigenvalue weighted by molar-refractivity contribution is 5.87. The van der Waals surface area contributed by atoms with E-state index in [1.807, 2.05) is 6.20 Å². The molecular formula is C20H21N. The number of pyridine rings is 1. The standard InChI is InChI=1S/C20H21N/c1-13(2)16-5-7-17(8-6-16)18-9-10-20-19(11-18)15(4)14(3)12-21-20/h5-13H,1-4H3. The second kappa shape index (κ2) is 5.33. The van der Waals surface area contributed by atoms with Crippen LogP contribution in [-0.4, -0.2) is 4.98 Å². The lowest BCUT2D eigenvalue weighted by molar-refractivity contribution is 0.867. The van der Waals surface area contributed by atoms with Gasteiger partial charge in [-0.2, -0.15) is 0 Å². The second-order valence-corrected chi connectivity index (χ2v) is 6.07. The summed E-state index contributed by atoms with van der Waals surface area (Å²) in [6.45, 7) is 8.74. The van der Waals surface area contributed by atoms with Gasteiger partial charge < -0.3 is 0 Å².